The summed E-state index contributed by atoms with van der Waals surface area (Å²) in [6.45, 7) is 0. The Morgan fingerprint density at radius 3 is 2.47 bits per heavy atom. The maximum atomic E-state index is 11.5. The van der Waals surface area contributed by atoms with E-state index in [1.165, 1.54) is 0 Å². The van der Waals surface area contributed by atoms with Crippen LogP contribution in [0.1, 0.15) is 23.2 Å². The monoisotopic (exact) mass is 239 g/mol. The van der Waals surface area contributed by atoms with Gasteiger partial charge < -0.3 is 10.2 Å². The number of rotatable bonds is 5. The third-order valence-electron chi connectivity index (χ3n) is 2.06. The van der Waals surface area contributed by atoms with E-state index in [0.29, 0.717) is 0 Å². The minimum absolute atomic E-state index is 0.236. The van der Waals surface area contributed by atoms with Crippen LogP contribution in [-0.2, 0) is 4.79 Å². The van der Waals surface area contributed by atoms with Crippen LogP contribution in [0, 0.1) is 10.1 Å². The molecule has 0 saturated heterocycles. The summed E-state index contributed by atoms with van der Waals surface area (Å²) in [6.07, 6.45) is -0.703. The number of carboxylic acid groups (broad SMARTS) is 1. The van der Waals surface area contributed by atoms with E-state index in [-0.39, 0.29) is 24.1 Å². The molecule has 0 aromatic heterocycles. The van der Waals surface area contributed by atoms with Gasteiger partial charge in [0.15, 0.2) is 5.78 Å². The maximum Gasteiger partial charge on any atom is 0.303 e. The summed E-state index contributed by atoms with van der Waals surface area (Å²) in [6, 6.07) is 3.02. The largest absolute Gasteiger partial charge is 0.507 e. The summed E-state index contributed by atoms with van der Waals surface area (Å²) in [5.74, 6) is -2.19. The van der Waals surface area contributed by atoms with Gasteiger partial charge in [-0.05, 0) is 6.07 Å². The van der Waals surface area contributed by atoms with Crippen LogP contribution >= 0.6 is 0 Å². The number of non-ortho nitro benzene ring substituents is 1. The highest BCUT2D eigenvalue weighted by molar-refractivity contribution is 6.00. The first-order valence-corrected chi connectivity index (χ1v) is 4.64. The van der Waals surface area contributed by atoms with Crippen molar-refractivity contribution >= 4 is 17.4 Å². The number of benzene rings is 1. The number of hydrogen-bond acceptors (Lipinski definition) is 5. The molecule has 0 bridgehead atoms. The lowest BCUT2D eigenvalue weighted by atomic mass is 10.0. The average molecular weight is 239 g/mol. The van der Waals surface area contributed by atoms with Gasteiger partial charge in [0.1, 0.15) is 5.75 Å². The van der Waals surface area contributed by atoms with Crippen LogP contribution < -0.4 is 0 Å². The number of carboxylic acids is 1. The summed E-state index contributed by atoms with van der Waals surface area (Å²) in [4.78, 5) is 31.5. The van der Waals surface area contributed by atoms with Crippen LogP contribution in [0.2, 0.25) is 0 Å². The molecule has 0 aliphatic heterocycles. The van der Waals surface area contributed by atoms with Crippen molar-refractivity contribution in [3.63, 3.8) is 0 Å². The summed E-state index contributed by atoms with van der Waals surface area (Å²) in [7, 11) is 0. The predicted molar refractivity (Wildman–Crippen MR) is 56.0 cm³/mol. The van der Waals surface area contributed by atoms with Crippen molar-refractivity contribution in [2.75, 3.05) is 0 Å². The second-order valence-corrected chi connectivity index (χ2v) is 3.28. The van der Waals surface area contributed by atoms with Gasteiger partial charge in [-0.1, -0.05) is 0 Å². The molecule has 0 saturated carbocycles. The van der Waals surface area contributed by atoms with Gasteiger partial charge in [-0.25, -0.2) is 0 Å². The zero-order valence-corrected chi connectivity index (χ0v) is 8.62. The van der Waals surface area contributed by atoms with Gasteiger partial charge in [0.25, 0.3) is 5.69 Å². The third kappa shape index (κ3) is 3.26. The van der Waals surface area contributed by atoms with Crippen LogP contribution in [0.5, 0.6) is 5.75 Å². The van der Waals surface area contributed by atoms with E-state index in [1.54, 1.807) is 0 Å². The highest BCUT2D eigenvalue weighted by Crippen LogP contribution is 2.24. The second kappa shape index (κ2) is 5.06. The summed E-state index contributed by atoms with van der Waals surface area (Å²) >= 11 is 0. The molecule has 17 heavy (non-hydrogen) atoms. The van der Waals surface area contributed by atoms with Crippen molar-refractivity contribution in [2.45, 2.75) is 12.8 Å². The van der Waals surface area contributed by atoms with E-state index in [4.69, 9.17) is 5.11 Å². The van der Waals surface area contributed by atoms with Gasteiger partial charge in [0.2, 0.25) is 0 Å². The van der Waals surface area contributed by atoms with Gasteiger partial charge >= 0.3 is 5.97 Å². The fourth-order valence-corrected chi connectivity index (χ4v) is 1.22. The molecule has 0 heterocycles. The van der Waals surface area contributed by atoms with Crippen molar-refractivity contribution in [2.24, 2.45) is 0 Å². The molecule has 1 rings (SSSR count). The molecule has 0 radical (unpaired) electrons. The highest BCUT2D eigenvalue weighted by atomic mass is 16.6. The van der Waals surface area contributed by atoms with E-state index in [0.717, 1.165) is 18.2 Å². The zero-order chi connectivity index (χ0) is 13.0. The van der Waals surface area contributed by atoms with E-state index in [2.05, 4.69) is 0 Å². The van der Waals surface area contributed by atoms with E-state index < -0.39 is 22.4 Å². The summed E-state index contributed by atoms with van der Waals surface area (Å²) in [5, 5.41) is 28.2. The van der Waals surface area contributed by atoms with Crippen LogP contribution in [-0.4, -0.2) is 26.9 Å². The molecule has 0 atom stereocenters. The minimum atomic E-state index is -1.15. The first-order valence-electron chi connectivity index (χ1n) is 4.64. The Hall–Kier alpha value is -2.44. The van der Waals surface area contributed by atoms with Crippen LogP contribution in [0.15, 0.2) is 18.2 Å². The first-order chi connectivity index (χ1) is 7.91. The van der Waals surface area contributed by atoms with Gasteiger partial charge in [-0.3, -0.25) is 19.7 Å². The normalized spacial score (nSPS) is 9.88. The molecule has 7 heteroatoms. The topological polar surface area (TPSA) is 118 Å². The Labute approximate surface area is 95.5 Å². The molecule has 0 aliphatic rings. The molecule has 0 fully saturated rings. The molecule has 0 spiro atoms. The smallest absolute Gasteiger partial charge is 0.303 e. The number of nitro groups is 1. The lowest BCUT2D eigenvalue weighted by molar-refractivity contribution is -0.384. The Morgan fingerprint density at radius 2 is 1.94 bits per heavy atom. The highest BCUT2D eigenvalue weighted by Gasteiger charge is 2.17. The first kappa shape index (κ1) is 12.6. The minimum Gasteiger partial charge on any atom is -0.507 e. The molecule has 1 aromatic rings. The lowest BCUT2D eigenvalue weighted by Crippen LogP contribution is -2.04. The van der Waals surface area contributed by atoms with Crippen molar-refractivity contribution in [1.82, 2.24) is 0 Å². The van der Waals surface area contributed by atoms with E-state index in [1.807, 2.05) is 0 Å². The number of Topliss-reactive ketones (excluding diaryl/α,β-unsaturated/α-hetero) is 1. The quantitative estimate of drug-likeness (QED) is 0.454. The average Bonchev–Trinajstić information content (AvgIpc) is 2.26. The molecular weight excluding hydrogens is 230 g/mol. The Morgan fingerprint density at radius 1 is 1.29 bits per heavy atom. The number of aliphatic carboxylic acids is 1. The molecule has 0 amide bonds. The van der Waals surface area contributed by atoms with Gasteiger partial charge in [-0.2, -0.15) is 0 Å². The standard InChI is InChI=1S/C10H9NO6/c12-8-2-1-6(11(16)17)5-7(8)9(13)3-4-10(14)15/h1-2,5,12H,3-4H2,(H,14,15). The number of phenolic OH excluding ortho intramolecular Hbond substituents is 1. The number of ketones is 1. The van der Waals surface area contributed by atoms with Crippen LogP contribution in [0.3, 0.4) is 0 Å². The van der Waals surface area contributed by atoms with Crippen LogP contribution in [0.25, 0.3) is 0 Å². The molecule has 90 valence electrons. The number of carbonyl (C=O) groups is 2. The maximum absolute atomic E-state index is 11.5. The van der Waals surface area contributed by atoms with Gasteiger partial charge in [-0.15, -0.1) is 0 Å². The number of hydrogen-bond donors (Lipinski definition) is 2. The van der Waals surface area contributed by atoms with Crippen molar-refractivity contribution in [3.05, 3.63) is 33.9 Å². The number of nitro benzene ring substituents is 1. The molecule has 7 nitrogen and oxygen atoms in total. The molecule has 0 unspecified atom stereocenters. The Balaban J connectivity index is 2.95. The van der Waals surface area contributed by atoms with E-state index in [9.17, 15) is 24.8 Å². The number of carbonyl (C=O) groups excluding carboxylic acids is 1. The predicted octanol–water partition coefficient (Wildman–Crippen LogP) is 1.35. The molecule has 2 N–H and O–H groups in total. The fraction of sp³-hybridized carbons (Fsp3) is 0.200. The van der Waals surface area contributed by atoms with Crippen molar-refractivity contribution in [1.29, 1.82) is 0 Å². The van der Waals surface area contributed by atoms with E-state index >= 15 is 0 Å². The zero-order valence-electron chi connectivity index (χ0n) is 8.62. The fourth-order valence-electron chi connectivity index (χ4n) is 1.22. The van der Waals surface area contributed by atoms with Crippen molar-refractivity contribution < 1.29 is 24.7 Å². The Kier molecular flexibility index (Phi) is 3.76. The molecule has 0 aliphatic carbocycles. The number of phenols is 1. The summed E-state index contributed by atoms with van der Waals surface area (Å²) < 4.78 is 0. The van der Waals surface area contributed by atoms with Crippen LogP contribution in [0.4, 0.5) is 5.69 Å². The van der Waals surface area contributed by atoms with Gasteiger partial charge in [0, 0.05) is 18.6 Å². The number of aromatic hydroxyl groups is 1. The SMILES string of the molecule is O=C(O)CCC(=O)c1cc([N+](=O)[O-])ccc1O. The lowest BCUT2D eigenvalue weighted by Gasteiger charge is -2.02. The second-order valence-electron chi connectivity index (χ2n) is 3.28. The molecule has 1 aromatic carbocycles. The van der Waals surface area contributed by atoms with Crippen molar-refractivity contribution in [3.8, 4) is 5.75 Å². The molecular formula is C10H9NO6. The number of nitrogens with zero attached hydrogens (tertiary/aromatic N) is 1. The Bertz CT molecular complexity index is 482. The van der Waals surface area contributed by atoms with Gasteiger partial charge in [0.05, 0.1) is 16.9 Å². The third-order valence-corrected chi connectivity index (χ3v) is 2.06. The summed E-state index contributed by atoms with van der Waals surface area (Å²) in [5.41, 5.74) is -0.568.